The van der Waals surface area contributed by atoms with E-state index in [9.17, 15) is 4.79 Å². The van der Waals surface area contributed by atoms with E-state index in [1.807, 2.05) is 36.4 Å². The summed E-state index contributed by atoms with van der Waals surface area (Å²) >= 11 is 0. The molecule has 138 valence electrons. The van der Waals surface area contributed by atoms with Gasteiger partial charge in [0.15, 0.2) is 5.76 Å². The van der Waals surface area contributed by atoms with Crippen LogP contribution >= 0.6 is 0 Å². The van der Waals surface area contributed by atoms with Crippen LogP contribution in [0.15, 0.2) is 83.5 Å². The van der Waals surface area contributed by atoms with E-state index in [1.54, 1.807) is 18.4 Å². The lowest BCUT2D eigenvalue weighted by Crippen LogP contribution is -2.49. The first-order chi connectivity index (χ1) is 13.3. The molecule has 4 nitrogen and oxygen atoms in total. The quantitative estimate of drug-likeness (QED) is 0.652. The van der Waals surface area contributed by atoms with Gasteiger partial charge in [0.2, 0.25) is 5.78 Å². The van der Waals surface area contributed by atoms with Gasteiger partial charge in [-0.1, -0.05) is 48.5 Å². The summed E-state index contributed by atoms with van der Waals surface area (Å²) in [5, 5.41) is 3.59. The molecule has 0 amide bonds. The number of Topliss-reactive ketones (excluding diaryl/α,β-unsaturated/α-hetero) is 1. The highest BCUT2D eigenvalue weighted by molar-refractivity contribution is 5.97. The molecule has 2 atom stereocenters. The first kappa shape index (κ1) is 17.6. The van der Waals surface area contributed by atoms with Crippen LogP contribution in [0.25, 0.3) is 0 Å². The van der Waals surface area contributed by atoms with E-state index in [1.165, 1.54) is 5.56 Å². The van der Waals surface area contributed by atoms with Crippen molar-refractivity contribution in [1.29, 1.82) is 0 Å². The maximum absolute atomic E-state index is 13.1. The van der Waals surface area contributed by atoms with Gasteiger partial charge in [-0.15, -0.1) is 0 Å². The maximum Gasteiger partial charge on any atom is 0.215 e. The Morgan fingerprint density at radius 2 is 1.74 bits per heavy atom. The summed E-state index contributed by atoms with van der Waals surface area (Å²) in [7, 11) is 0. The Hall–Kier alpha value is -2.85. The third-order valence-electron chi connectivity index (χ3n) is 5.15. The van der Waals surface area contributed by atoms with Crippen LogP contribution in [0.4, 0.5) is 5.69 Å². The highest BCUT2D eigenvalue weighted by atomic mass is 16.3. The molecule has 1 aliphatic rings. The molecule has 2 aromatic carbocycles. The van der Waals surface area contributed by atoms with E-state index >= 15 is 0 Å². The molecule has 1 N–H and O–H groups in total. The molecule has 2 heterocycles. The topological polar surface area (TPSA) is 45.5 Å². The molecule has 1 saturated heterocycles. The molecule has 1 aliphatic heterocycles. The van der Waals surface area contributed by atoms with Crippen molar-refractivity contribution >= 4 is 11.5 Å². The Balaban J connectivity index is 1.52. The zero-order chi connectivity index (χ0) is 18.5. The predicted octanol–water partition coefficient (Wildman–Crippen LogP) is 4.61. The van der Waals surface area contributed by atoms with Crippen LogP contribution in [0, 0.1) is 0 Å². The number of para-hydroxylation sites is 1. The fraction of sp³-hybridized carbons (Fsp3) is 0.261. The summed E-state index contributed by atoms with van der Waals surface area (Å²) < 4.78 is 5.40. The Morgan fingerprint density at radius 1 is 1.00 bits per heavy atom. The van der Waals surface area contributed by atoms with Crippen LogP contribution in [0.2, 0.25) is 0 Å². The van der Waals surface area contributed by atoms with Gasteiger partial charge in [0.05, 0.1) is 12.3 Å². The molecular weight excluding hydrogens is 336 g/mol. The SMILES string of the molecule is O=C(c1ccco1)C1CC(Nc2ccccc2)CCN1Cc1ccccc1. The van der Waals surface area contributed by atoms with Crippen LogP contribution in [0.1, 0.15) is 29.0 Å². The molecule has 0 radical (unpaired) electrons. The normalized spacial score (nSPS) is 20.3. The summed E-state index contributed by atoms with van der Waals surface area (Å²) in [6, 6.07) is 24.2. The molecule has 27 heavy (non-hydrogen) atoms. The lowest BCUT2D eigenvalue weighted by Gasteiger charge is -2.39. The Labute approximate surface area is 159 Å². The van der Waals surface area contributed by atoms with Gasteiger partial charge in [-0.05, 0) is 42.7 Å². The van der Waals surface area contributed by atoms with Crippen LogP contribution < -0.4 is 5.32 Å². The van der Waals surface area contributed by atoms with Gasteiger partial charge in [0.1, 0.15) is 0 Å². The van der Waals surface area contributed by atoms with E-state index in [0.717, 1.165) is 31.6 Å². The minimum Gasteiger partial charge on any atom is -0.461 e. The lowest BCUT2D eigenvalue weighted by atomic mass is 9.92. The first-order valence-electron chi connectivity index (χ1n) is 9.47. The van der Waals surface area contributed by atoms with Gasteiger partial charge >= 0.3 is 0 Å². The number of hydrogen-bond donors (Lipinski definition) is 1. The van der Waals surface area contributed by atoms with Crippen molar-refractivity contribution in [2.75, 3.05) is 11.9 Å². The summed E-state index contributed by atoms with van der Waals surface area (Å²) in [6.45, 7) is 1.65. The van der Waals surface area contributed by atoms with Gasteiger partial charge in [0, 0.05) is 24.8 Å². The van der Waals surface area contributed by atoms with Crippen LogP contribution in [-0.2, 0) is 6.54 Å². The number of nitrogens with zero attached hydrogens (tertiary/aromatic N) is 1. The van der Waals surface area contributed by atoms with Gasteiger partial charge < -0.3 is 9.73 Å². The number of carbonyl (C=O) groups is 1. The minimum atomic E-state index is -0.189. The number of carbonyl (C=O) groups excluding carboxylic acids is 1. The lowest BCUT2D eigenvalue weighted by molar-refractivity contribution is 0.0686. The molecule has 3 aromatic rings. The summed E-state index contributed by atoms with van der Waals surface area (Å²) in [4.78, 5) is 15.4. The second-order valence-electron chi connectivity index (χ2n) is 7.05. The van der Waals surface area contributed by atoms with Crippen molar-refractivity contribution in [3.63, 3.8) is 0 Å². The van der Waals surface area contributed by atoms with E-state index in [-0.39, 0.29) is 17.9 Å². The second kappa shape index (κ2) is 8.23. The number of nitrogens with one attached hydrogen (secondary N) is 1. The van der Waals surface area contributed by atoms with Crippen molar-refractivity contribution in [3.05, 3.63) is 90.4 Å². The van der Waals surface area contributed by atoms with E-state index < -0.39 is 0 Å². The highest BCUT2D eigenvalue weighted by Crippen LogP contribution is 2.25. The highest BCUT2D eigenvalue weighted by Gasteiger charge is 2.35. The molecule has 4 rings (SSSR count). The molecule has 4 heteroatoms. The van der Waals surface area contributed by atoms with Gasteiger partial charge in [-0.25, -0.2) is 0 Å². The summed E-state index contributed by atoms with van der Waals surface area (Å²) in [6.07, 6.45) is 3.34. The molecule has 0 aliphatic carbocycles. The number of ketones is 1. The second-order valence-corrected chi connectivity index (χ2v) is 7.05. The monoisotopic (exact) mass is 360 g/mol. The molecular formula is C23H24N2O2. The van der Waals surface area contributed by atoms with Crippen molar-refractivity contribution < 1.29 is 9.21 Å². The number of benzene rings is 2. The van der Waals surface area contributed by atoms with E-state index in [0.29, 0.717) is 5.76 Å². The van der Waals surface area contributed by atoms with Crippen molar-refractivity contribution in [1.82, 2.24) is 4.90 Å². The number of piperidine rings is 1. The average molecular weight is 360 g/mol. The number of rotatable bonds is 6. The third-order valence-corrected chi connectivity index (χ3v) is 5.15. The van der Waals surface area contributed by atoms with Crippen molar-refractivity contribution in [2.45, 2.75) is 31.5 Å². The minimum absolute atomic E-state index is 0.0653. The van der Waals surface area contributed by atoms with Crippen LogP contribution in [0.5, 0.6) is 0 Å². The summed E-state index contributed by atoms with van der Waals surface area (Å²) in [5.74, 6) is 0.508. The van der Waals surface area contributed by atoms with Crippen LogP contribution in [-0.4, -0.2) is 29.3 Å². The molecule has 1 aromatic heterocycles. The Morgan fingerprint density at radius 3 is 2.44 bits per heavy atom. The Bertz CT molecular complexity index is 847. The zero-order valence-electron chi connectivity index (χ0n) is 15.3. The van der Waals surface area contributed by atoms with Crippen LogP contribution in [0.3, 0.4) is 0 Å². The third kappa shape index (κ3) is 4.29. The van der Waals surface area contributed by atoms with E-state index in [4.69, 9.17) is 4.42 Å². The van der Waals surface area contributed by atoms with Crippen molar-refractivity contribution in [3.8, 4) is 0 Å². The average Bonchev–Trinajstić information content (AvgIpc) is 3.25. The fourth-order valence-corrected chi connectivity index (χ4v) is 3.78. The van der Waals surface area contributed by atoms with Crippen molar-refractivity contribution in [2.24, 2.45) is 0 Å². The van der Waals surface area contributed by atoms with Gasteiger partial charge in [0.25, 0.3) is 0 Å². The number of anilines is 1. The smallest absolute Gasteiger partial charge is 0.215 e. The zero-order valence-corrected chi connectivity index (χ0v) is 15.3. The molecule has 0 bridgehead atoms. The molecule has 2 unspecified atom stereocenters. The molecule has 0 saturated carbocycles. The number of furan rings is 1. The number of hydrogen-bond acceptors (Lipinski definition) is 4. The number of likely N-dealkylation sites (tertiary alicyclic amines) is 1. The molecule has 1 fully saturated rings. The predicted molar refractivity (Wildman–Crippen MR) is 107 cm³/mol. The molecule has 0 spiro atoms. The summed E-state index contributed by atoms with van der Waals surface area (Å²) in [5.41, 5.74) is 2.33. The first-order valence-corrected chi connectivity index (χ1v) is 9.47. The standard InChI is InChI=1S/C23H24N2O2/c26-23(22-12-7-15-27-22)21-16-20(24-19-10-5-2-6-11-19)13-14-25(21)17-18-8-3-1-4-9-18/h1-12,15,20-21,24H,13-14,16-17H2. The van der Waals surface area contributed by atoms with E-state index in [2.05, 4.69) is 34.5 Å². The fourth-order valence-electron chi connectivity index (χ4n) is 3.78. The maximum atomic E-state index is 13.1. The largest absolute Gasteiger partial charge is 0.461 e. The van der Waals surface area contributed by atoms with Gasteiger partial charge in [-0.3, -0.25) is 9.69 Å². The Kier molecular flexibility index (Phi) is 5.35. The van der Waals surface area contributed by atoms with Gasteiger partial charge in [-0.2, -0.15) is 0 Å².